The zero-order chi connectivity index (χ0) is 20.4. The van der Waals surface area contributed by atoms with E-state index in [1.54, 1.807) is 0 Å². The zero-order valence-corrected chi connectivity index (χ0v) is 15.5. The highest BCUT2D eigenvalue weighted by Crippen LogP contribution is 2.19. The van der Waals surface area contributed by atoms with Crippen molar-refractivity contribution < 1.29 is 24.6 Å². The highest BCUT2D eigenvalue weighted by molar-refractivity contribution is 6.27. The van der Waals surface area contributed by atoms with E-state index in [4.69, 9.17) is 25.1 Å². The Morgan fingerprint density at radius 3 is 2.07 bits per heavy atom. The van der Waals surface area contributed by atoms with Crippen molar-refractivity contribution in [1.82, 2.24) is 10.2 Å². The Morgan fingerprint density at radius 1 is 1.15 bits per heavy atom. The van der Waals surface area contributed by atoms with E-state index < -0.39 is 11.9 Å². The van der Waals surface area contributed by atoms with E-state index in [-0.39, 0.29) is 17.9 Å². The molecule has 1 aliphatic heterocycles. The van der Waals surface area contributed by atoms with Crippen LogP contribution in [-0.2, 0) is 20.9 Å². The van der Waals surface area contributed by atoms with Crippen molar-refractivity contribution in [2.45, 2.75) is 39.3 Å². The molecule has 0 saturated carbocycles. The van der Waals surface area contributed by atoms with Gasteiger partial charge in [-0.25, -0.2) is 9.59 Å². The molecule has 1 fully saturated rings. The predicted molar refractivity (Wildman–Crippen MR) is 97.7 cm³/mol. The summed E-state index contributed by atoms with van der Waals surface area (Å²) >= 11 is 0. The number of aliphatic carboxylic acids is 2. The molecule has 0 spiro atoms. The van der Waals surface area contributed by atoms with E-state index in [2.05, 4.69) is 16.3 Å². The van der Waals surface area contributed by atoms with Gasteiger partial charge in [0.25, 0.3) is 0 Å². The van der Waals surface area contributed by atoms with Crippen molar-refractivity contribution in [3.05, 3.63) is 35.4 Å². The SMILES string of the molecule is CC(C)NC(=O)C1CCN(Cc2ccc(C#N)cc2)CC1.O=C(O)C(=O)O. The van der Waals surface area contributed by atoms with E-state index in [0.717, 1.165) is 32.5 Å². The summed E-state index contributed by atoms with van der Waals surface area (Å²) in [7, 11) is 0. The molecule has 1 aromatic rings. The normalized spacial score (nSPS) is 14.6. The number of likely N-dealkylation sites (tertiary alicyclic amines) is 1. The van der Waals surface area contributed by atoms with Crippen LogP contribution < -0.4 is 5.32 Å². The average molecular weight is 375 g/mol. The fourth-order valence-corrected chi connectivity index (χ4v) is 2.70. The molecule has 1 heterocycles. The second kappa shape index (κ2) is 10.9. The van der Waals surface area contributed by atoms with Crippen LogP contribution in [0.3, 0.4) is 0 Å². The number of carbonyl (C=O) groups excluding carboxylic acids is 1. The van der Waals surface area contributed by atoms with Crippen molar-refractivity contribution in [3.63, 3.8) is 0 Å². The van der Waals surface area contributed by atoms with Crippen LogP contribution in [0.15, 0.2) is 24.3 Å². The van der Waals surface area contributed by atoms with E-state index >= 15 is 0 Å². The maximum atomic E-state index is 12.0. The van der Waals surface area contributed by atoms with Crippen LogP contribution in [0.25, 0.3) is 0 Å². The Labute approximate surface area is 158 Å². The molecule has 0 bridgehead atoms. The minimum absolute atomic E-state index is 0.157. The summed E-state index contributed by atoms with van der Waals surface area (Å²) in [5, 5.41) is 26.6. The number of hydrogen-bond acceptors (Lipinski definition) is 5. The largest absolute Gasteiger partial charge is 0.473 e. The van der Waals surface area contributed by atoms with Gasteiger partial charge in [0.15, 0.2) is 0 Å². The first-order valence-electron chi connectivity index (χ1n) is 8.71. The van der Waals surface area contributed by atoms with Crippen LogP contribution in [0.2, 0.25) is 0 Å². The molecular formula is C19H25N3O5. The average Bonchev–Trinajstić information content (AvgIpc) is 2.63. The van der Waals surface area contributed by atoms with Crippen molar-refractivity contribution >= 4 is 17.8 Å². The van der Waals surface area contributed by atoms with E-state index in [1.807, 2.05) is 38.1 Å². The van der Waals surface area contributed by atoms with Gasteiger partial charge >= 0.3 is 11.9 Å². The standard InChI is InChI=1S/C17H23N3O.C2H2O4/c1-13(2)19-17(21)16-7-9-20(10-8-16)12-15-5-3-14(11-18)4-6-15;3-1(4)2(5)6/h3-6,13,16H,7-10,12H2,1-2H3,(H,19,21);(H,3,4)(H,5,6). The lowest BCUT2D eigenvalue weighted by Crippen LogP contribution is -2.42. The number of amides is 1. The highest BCUT2D eigenvalue weighted by Gasteiger charge is 2.25. The second-order valence-corrected chi connectivity index (χ2v) is 6.63. The molecule has 0 radical (unpaired) electrons. The first kappa shape index (κ1) is 22.1. The van der Waals surface area contributed by atoms with Gasteiger partial charge in [-0.3, -0.25) is 9.69 Å². The number of piperidine rings is 1. The Kier molecular flexibility index (Phi) is 8.96. The molecule has 1 aromatic carbocycles. The molecule has 1 aliphatic rings. The number of carboxylic acid groups (broad SMARTS) is 2. The molecule has 0 aromatic heterocycles. The van der Waals surface area contributed by atoms with Crippen LogP contribution in [0, 0.1) is 17.2 Å². The minimum Gasteiger partial charge on any atom is -0.473 e. The Balaban J connectivity index is 0.000000527. The number of benzene rings is 1. The quantitative estimate of drug-likeness (QED) is 0.679. The summed E-state index contributed by atoms with van der Waals surface area (Å²) in [4.78, 5) is 32.6. The van der Waals surface area contributed by atoms with Crippen LogP contribution in [-0.4, -0.2) is 52.1 Å². The van der Waals surface area contributed by atoms with Gasteiger partial charge in [-0.15, -0.1) is 0 Å². The number of carboxylic acids is 2. The third-order valence-corrected chi connectivity index (χ3v) is 4.06. The molecule has 1 saturated heterocycles. The topological polar surface area (TPSA) is 131 Å². The molecule has 0 unspecified atom stereocenters. The molecule has 8 heteroatoms. The number of carbonyl (C=O) groups is 3. The molecule has 3 N–H and O–H groups in total. The first-order chi connectivity index (χ1) is 12.7. The predicted octanol–water partition coefficient (Wildman–Crippen LogP) is 1.45. The Morgan fingerprint density at radius 2 is 1.67 bits per heavy atom. The number of rotatable bonds is 4. The first-order valence-corrected chi connectivity index (χ1v) is 8.71. The smallest absolute Gasteiger partial charge is 0.414 e. The third kappa shape index (κ3) is 8.33. The van der Waals surface area contributed by atoms with E-state index in [0.29, 0.717) is 5.56 Å². The van der Waals surface area contributed by atoms with Gasteiger partial charge in [-0.05, 0) is 57.5 Å². The molecule has 27 heavy (non-hydrogen) atoms. The molecule has 146 valence electrons. The van der Waals surface area contributed by atoms with Crippen LogP contribution >= 0.6 is 0 Å². The van der Waals surface area contributed by atoms with Crippen LogP contribution in [0.1, 0.15) is 37.8 Å². The number of nitrogens with zero attached hydrogens (tertiary/aromatic N) is 2. The van der Waals surface area contributed by atoms with Crippen molar-refractivity contribution in [1.29, 1.82) is 5.26 Å². The summed E-state index contributed by atoms with van der Waals surface area (Å²) < 4.78 is 0. The van der Waals surface area contributed by atoms with Gasteiger partial charge in [0, 0.05) is 18.5 Å². The van der Waals surface area contributed by atoms with E-state index in [9.17, 15) is 4.79 Å². The summed E-state index contributed by atoms with van der Waals surface area (Å²) in [6.07, 6.45) is 1.85. The summed E-state index contributed by atoms with van der Waals surface area (Å²) in [6, 6.07) is 10.1. The van der Waals surface area contributed by atoms with Crippen molar-refractivity contribution in [2.24, 2.45) is 5.92 Å². The summed E-state index contributed by atoms with van der Waals surface area (Å²) in [5.74, 6) is -3.29. The van der Waals surface area contributed by atoms with Gasteiger partial charge in [0.1, 0.15) is 0 Å². The van der Waals surface area contributed by atoms with Crippen LogP contribution in [0.5, 0.6) is 0 Å². The lowest BCUT2D eigenvalue weighted by Gasteiger charge is -2.31. The molecule has 1 amide bonds. The summed E-state index contributed by atoms with van der Waals surface area (Å²) in [6.45, 7) is 6.80. The Hall–Kier alpha value is -2.92. The minimum atomic E-state index is -1.82. The number of nitrogens with one attached hydrogen (secondary N) is 1. The molecule has 2 rings (SSSR count). The molecular weight excluding hydrogens is 350 g/mol. The highest BCUT2D eigenvalue weighted by atomic mass is 16.4. The van der Waals surface area contributed by atoms with Crippen molar-refractivity contribution in [2.75, 3.05) is 13.1 Å². The Bertz CT molecular complexity index is 674. The summed E-state index contributed by atoms with van der Waals surface area (Å²) in [5.41, 5.74) is 1.92. The van der Waals surface area contributed by atoms with Crippen LogP contribution in [0.4, 0.5) is 0 Å². The zero-order valence-electron chi connectivity index (χ0n) is 15.5. The fourth-order valence-electron chi connectivity index (χ4n) is 2.70. The van der Waals surface area contributed by atoms with Gasteiger partial charge in [0.05, 0.1) is 11.6 Å². The lowest BCUT2D eigenvalue weighted by atomic mass is 9.95. The van der Waals surface area contributed by atoms with Crippen molar-refractivity contribution in [3.8, 4) is 6.07 Å². The lowest BCUT2D eigenvalue weighted by molar-refractivity contribution is -0.159. The second-order valence-electron chi connectivity index (χ2n) is 6.63. The molecule has 0 atom stereocenters. The van der Waals surface area contributed by atoms with Gasteiger partial charge in [-0.2, -0.15) is 5.26 Å². The monoisotopic (exact) mass is 375 g/mol. The maximum Gasteiger partial charge on any atom is 0.414 e. The fraction of sp³-hybridized carbons (Fsp3) is 0.474. The van der Waals surface area contributed by atoms with Gasteiger partial charge in [0.2, 0.25) is 5.91 Å². The third-order valence-electron chi connectivity index (χ3n) is 4.06. The van der Waals surface area contributed by atoms with Gasteiger partial charge in [-0.1, -0.05) is 12.1 Å². The number of nitriles is 1. The molecule has 0 aliphatic carbocycles. The molecule has 8 nitrogen and oxygen atoms in total. The maximum absolute atomic E-state index is 12.0. The van der Waals surface area contributed by atoms with E-state index in [1.165, 1.54) is 5.56 Å². The van der Waals surface area contributed by atoms with Gasteiger partial charge < -0.3 is 15.5 Å². The number of hydrogen-bond donors (Lipinski definition) is 3.